The molecule has 2 atom stereocenters. The molecular weight excluding hydrogens is 555 g/mol. The number of aryl methyl sites for hydroxylation is 1. The highest BCUT2D eigenvalue weighted by Gasteiger charge is 2.34. The highest BCUT2D eigenvalue weighted by molar-refractivity contribution is 5.97. The average Bonchev–Trinajstić information content (AvgIpc) is 3.70. The third kappa shape index (κ3) is 8.10. The van der Waals surface area contributed by atoms with E-state index in [1.807, 2.05) is 13.8 Å². The lowest BCUT2D eigenvalue weighted by Gasteiger charge is -2.26. The van der Waals surface area contributed by atoms with Gasteiger partial charge in [-0.1, -0.05) is 68.2 Å². The van der Waals surface area contributed by atoms with Gasteiger partial charge in [-0.3, -0.25) is 14.4 Å². The number of rotatable bonds is 8. The minimum atomic E-state index is -0.583. The molecule has 44 heavy (non-hydrogen) atoms. The van der Waals surface area contributed by atoms with E-state index in [0.29, 0.717) is 29.8 Å². The second kappa shape index (κ2) is 14.1. The molecule has 8 heteroatoms. The molecule has 0 spiro atoms. The van der Waals surface area contributed by atoms with E-state index >= 15 is 0 Å². The maximum atomic E-state index is 13.4. The number of amides is 3. The Hall–Kier alpha value is -4.07. The third-order valence-electron chi connectivity index (χ3n) is 8.79. The number of hydrogen-bond acceptors (Lipinski definition) is 4. The van der Waals surface area contributed by atoms with E-state index in [1.165, 1.54) is 56.4 Å². The lowest BCUT2D eigenvalue weighted by atomic mass is 9.88. The molecule has 7 nitrogen and oxygen atoms in total. The van der Waals surface area contributed by atoms with Gasteiger partial charge in [0, 0.05) is 11.9 Å². The molecular formula is C36H43FN4O3. The predicted molar refractivity (Wildman–Crippen MR) is 171 cm³/mol. The minimum absolute atomic E-state index is 0.135. The Morgan fingerprint density at radius 1 is 1.02 bits per heavy atom. The first-order chi connectivity index (χ1) is 21.2. The maximum Gasteiger partial charge on any atom is 0.270 e. The van der Waals surface area contributed by atoms with Gasteiger partial charge in [-0.05, 0) is 86.8 Å². The Morgan fingerprint density at radius 3 is 2.50 bits per heavy atom. The number of aromatic nitrogens is 1. The van der Waals surface area contributed by atoms with Crippen molar-refractivity contribution in [1.29, 1.82) is 0 Å². The fourth-order valence-electron chi connectivity index (χ4n) is 5.66. The van der Waals surface area contributed by atoms with Crippen molar-refractivity contribution in [3.8, 4) is 0 Å². The van der Waals surface area contributed by atoms with Crippen LogP contribution in [-0.4, -0.2) is 46.7 Å². The number of carbonyl (C=O) groups is 3. The number of fused-ring (bicyclic) bond motifs is 1. The van der Waals surface area contributed by atoms with Crippen LogP contribution in [0.25, 0.3) is 17.0 Å². The van der Waals surface area contributed by atoms with E-state index in [0.717, 1.165) is 29.0 Å². The lowest BCUT2D eigenvalue weighted by Crippen LogP contribution is -2.49. The monoisotopic (exact) mass is 598 g/mol. The molecule has 2 aliphatic carbocycles. The summed E-state index contributed by atoms with van der Waals surface area (Å²) in [6, 6.07) is 12.7. The first-order valence-corrected chi connectivity index (χ1v) is 15.9. The van der Waals surface area contributed by atoms with Crippen molar-refractivity contribution in [3.05, 3.63) is 82.8 Å². The molecule has 6 rings (SSSR count). The first-order valence-electron chi connectivity index (χ1n) is 15.9. The summed E-state index contributed by atoms with van der Waals surface area (Å²) in [7, 11) is 0. The van der Waals surface area contributed by atoms with Crippen molar-refractivity contribution in [2.75, 3.05) is 13.1 Å². The number of halogens is 1. The Balaban J connectivity index is 0.000000698. The Labute approximate surface area is 259 Å². The highest BCUT2D eigenvalue weighted by atomic mass is 19.1. The zero-order valence-corrected chi connectivity index (χ0v) is 25.9. The SMILES string of the molecule is CC1CCC1.Cc1ccc(/C=C/C2CC2)c(C(C)NC(=O)C2CCCN2C(=O)CNC(=O)c2ccc3cc(F)ccc3n2)c1. The summed E-state index contributed by atoms with van der Waals surface area (Å²) < 4.78 is 13.4. The molecule has 2 aromatic carbocycles. The number of likely N-dealkylation sites (tertiary alicyclic amines) is 1. The smallest absolute Gasteiger partial charge is 0.270 e. The van der Waals surface area contributed by atoms with Crippen LogP contribution in [-0.2, 0) is 9.59 Å². The highest BCUT2D eigenvalue weighted by Crippen LogP contribution is 2.32. The van der Waals surface area contributed by atoms with Crippen molar-refractivity contribution in [2.45, 2.75) is 77.8 Å². The van der Waals surface area contributed by atoms with Gasteiger partial charge in [0.1, 0.15) is 17.6 Å². The molecule has 3 amide bonds. The molecule has 1 aliphatic heterocycles. The molecule has 0 radical (unpaired) electrons. The summed E-state index contributed by atoms with van der Waals surface area (Å²) >= 11 is 0. The van der Waals surface area contributed by atoms with Gasteiger partial charge >= 0.3 is 0 Å². The van der Waals surface area contributed by atoms with Gasteiger partial charge in [-0.2, -0.15) is 0 Å². The van der Waals surface area contributed by atoms with Gasteiger partial charge in [0.15, 0.2) is 0 Å². The summed E-state index contributed by atoms with van der Waals surface area (Å²) in [5, 5.41) is 6.31. The number of benzene rings is 2. The topological polar surface area (TPSA) is 91.4 Å². The summed E-state index contributed by atoms with van der Waals surface area (Å²) in [6.07, 6.45) is 12.6. The largest absolute Gasteiger partial charge is 0.348 e. The minimum Gasteiger partial charge on any atom is -0.348 e. The summed E-state index contributed by atoms with van der Waals surface area (Å²) in [6.45, 7) is 6.53. The standard InChI is InChI=1S/C31H33FN4O3.C5H10/c1-19-5-9-22(10-8-21-6-7-21)25(16-19)20(2)34-31(39)28-4-3-15-36(28)29(37)18-33-30(38)27-13-11-23-17-24(32)12-14-26(23)35-27;1-5-3-2-4-5/h5,8-14,16-17,20-21,28H,3-4,6-7,15,18H2,1-2H3,(H,33,38)(H,34,39);5H,2-4H2,1H3/b10-8+;. The number of nitrogens with one attached hydrogen (secondary N) is 2. The molecule has 0 bridgehead atoms. The van der Waals surface area contributed by atoms with Crippen molar-refractivity contribution in [3.63, 3.8) is 0 Å². The summed E-state index contributed by atoms with van der Waals surface area (Å²) in [5.41, 5.74) is 3.89. The van der Waals surface area contributed by atoms with Crippen LogP contribution in [0.4, 0.5) is 4.39 Å². The summed E-state index contributed by atoms with van der Waals surface area (Å²) in [5.74, 6) is 0.325. The number of allylic oxidation sites excluding steroid dienone is 1. The molecule has 2 N–H and O–H groups in total. The molecule has 3 aromatic rings. The van der Waals surface area contributed by atoms with Gasteiger partial charge in [-0.25, -0.2) is 9.37 Å². The molecule has 2 heterocycles. The van der Waals surface area contributed by atoms with E-state index in [9.17, 15) is 18.8 Å². The van der Waals surface area contributed by atoms with Crippen LogP contribution in [0.3, 0.4) is 0 Å². The van der Waals surface area contributed by atoms with Gasteiger partial charge < -0.3 is 15.5 Å². The van der Waals surface area contributed by atoms with Crippen LogP contribution in [0.1, 0.15) is 92.0 Å². The van der Waals surface area contributed by atoms with E-state index in [-0.39, 0.29) is 35.9 Å². The quantitative estimate of drug-likeness (QED) is 0.309. The van der Waals surface area contributed by atoms with Gasteiger partial charge in [0.05, 0.1) is 18.1 Å². The molecule has 3 aliphatic rings. The van der Waals surface area contributed by atoms with Crippen LogP contribution in [0.5, 0.6) is 0 Å². The Kier molecular flexibility index (Phi) is 10.1. The second-order valence-corrected chi connectivity index (χ2v) is 12.6. The molecule has 3 fully saturated rings. The molecule has 1 aromatic heterocycles. The van der Waals surface area contributed by atoms with E-state index in [4.69, 9.17) is 0 Å². The van der Waals surface area contributed by atoms with Crippen LogP contribution in [0.2, 0.25) is 0 Å². The zero-order valence-electron chi connectivity index (χ0n) is 25.9. The third-order valence-corrected chi connectivity index (χ3v) is 8.79. The van der Waals surface area contributed by atoms with Crippen LogP contribution < -0.4 is 10.6 Å². The van der Waals surface area contributed by atoms with Crippen LogP contribution in [0, 0.1) is 24.6 Å². The maximum absolute atomic E-state index is 13.4. The van der Waals surface area contributed by atoms with Crippen molar-refractivity contribution < 1.29 is 18.8 Å². The normalized spacial score (nSPS) is 18.8. The molecule has 2 unspecified atom stereocenters. The molecule has 232 valence electrons. The number of pyridine rings is 1. The lowest BCUT2D eigenvalue weighted by molar-refractivity contribution is -0.137. The Morgan fingerprint density at radius 2 is 1.80 bits per heavy atom. The zero-order chi connectivity index (χ0) is 31.2. The second-order valence-electron chi connectivity index (χ2n) is 12.6. The predicted octanol–water partition coefficient (Wildman–Crippen LogP) is 6.51. The first kappa shape index (κ1) is 31.4. The van der Waals surface area contributed by atoms with Gasteiger partial charge in [0.2, 0.25) is 11.8 Å². The van der Waals surface area contributed by atoms with Crippen molar-refractivity contribution >= 4 is 34.7 Å². The average molecular weight is 599 g/mol. The van der Waals surface area contributed by atoms with Gasteiger partial charge in [-0.15, -0.1) is 0 Å². The molecule has 2 saturated carbocycles. The number of hydrogen-bond donors (Lipinski definition) is 2. The van der Waals surface area contributed by atoms with E-state index in [2.05, 4.69) is 52.9 Å². The van der Waals surface area contributed by atoms with Crippen LogP contribution >= 0.6 is 0 Å². The summed E-state index contributed by atoms with van der Waals surface area (Å²) in [4.78, 5) is 44.7. The van der Waals surface area contributed by atoms with E-state index in [1.54, 1.807) is 11.0 Å². The van der Waals surface area contributed by atoms with Crippen molar-refractivity contribution in [1.82, 2.24) is 20.5 Å². The fraction of sp³-hybridized carbons (Fsp3) is 0.444. The molecule has 1 saturated heterocycles. The van der Waals surface area contributed by atoms with Gasteiger partial charge in [0.25, 0.3) is 5.91 Å². The van der Waals surface area contributed by atoms with Crippen LogP contribution in [0.15, 0.2) is 54.6 Å². The number of carbonyl (C=O) groups excluding carboxylic acids is 3. The fourth-order valence-corrected chi connectivity index (χ4v) is 5.66. The van der Waals surface area contributed by atoms with E-state index < -0.39 is 11.9 Å². The Bertz CT molecular complexity index is 1550. The van der Waals surface area contributed by atoms with Crippen molar-refractivity contribution in [2.24, 2.45) is 11.8 Å². The number of nitrogens with zero attached hydrogens (tertiary/aromatic N) is 2.